The fraction of sp³-hybridized carbons (Fsp3) is 0.455. The van der Waals surface area contributed by atoms with Gasteiger partial charge in [-0.2, -0.15) is 0 Å². The lowest BCUT2D eigenvalue weighted by atomic mass is 10.1. The smallest absolute Gasteiger partial charge is 0.180 e. The average molecular weight is 445 g/mol. The van der Waals surface area contributed by atoms with Gasteiger partial charge >= 0.3 is 0 Å². The third kappa shape index (κ3) is 7.36. The number of nitrogens with one attached hydrogen (secondary N) is 1. The predicted octanol–water partition coefficient (Wildman–Crippen LogP) is 7.29. The monoisotopic (exact) mass is 443 g/mol. The van der Waals surface area contributed by atoms with E-state index in [0.29, 0.717) is 26.6 Å². The first-order valence-corrected chi connectivity index (χ1v) is 10.8. The van der Waals surface area contributed by atoms with Gasteiger partial charge in [0.05, 0.1) is 12.1 Å². The molecule has 0 aliphatic heterocycles. The molecule has 0 atom stereocenters. The van der Waals surface area contributed by atoms with Crippen LogP contribution in [0.1, 0.15) is 50.2 Å². The van der Waals surface area contributed by atoms with Crippen LogP contribution in [0.2, 0.25) is 15.1 Å². The van der Waals surface area contributed by atoms with Crippen LogP contribution in [0.3, 0.4) is 0 Å². The second kappa shape index (κ2) is 12.4. The van der Waals surface area contributed by atoms with Gasteiger partial charge in [-0.15, -0.1) is 0 Å². The molecular formula is C22H28Cl3NO2. The van der Waals surface area contributed by atoms with E-state index in [4.69, 9.17) is 44.3 Å². The number of rotatable bonds is 12. The highest BCUT2D eigenvalue weighted by molar-refractivity contribution is 6.35. The third-order valence-corrected chi connectivity index (χ3v) is 5.33. The Kier molecular flexibility index (Phi) is 10.3. The fourth-order valence-electron chi connectivity index (χ4n) is 2.89. The molecule has 0 saturated carbocycles. The van der Waals surface area contributed by atoms with Gasteiger partial charge in [0.1, 0.15) is 6.61 Å². The standard InChI is InChI=1S/C22H28Cl3NO2/c1-3-4-5-6-7-10-26-14-16-11-20(25)22(21(12-16)27-2)28-15-17-8-9-18(23)13-19(17)24/h8-9,11-13,26H,3-7,10,14-15H2,1-2H3. The first kappa shape index (κ1) is 23.2. The second-order valence-electron chi connectivity index (χ2n) is 6.72. The number of ether oxygens (including phenoxy) is 2. The molecule has 0 heterocycles. The topological polar surface area (TPSA) is 30.5 Å². The van der Waals surface area contributed by atoms with Crippen LogP contribution in [0.15, 0.2) is 30.3 Å². The molecule has 28 heavy (non-hydrogen) atoms. The maximum absolute atomic E-state index is 6.45. The lowest BCUT2D eigenvalue weighted by Crippen LogP contribution is -2.14. The molecular weight excluding hydrogens is 417 g/mol. The van der Waals surface area contributed by atoms with Crippen molar-refractivity contribution in [2.45, 2.75) is 52.2 Å². The summed E-state index contributed by atoms with van der Waals surface area (Å²) in [7, 11) is 1.61. The van der Waals surface area contributed by atoms with Gasteiger partial charge in [0, 0.05) is 22.2 Å². The molecule has 0 aliphatic rings. The predicted molar refractivity (Wildman–Crippen MR) is 119 cm³/mol. The second-order valence-corrected chi connectivity index (χ2v) is 7.98. The summed E-state index contributed by atoms with van der Waals surface area (Å²) in [6.07, 6.45) is 6.35. The van der Waals surface area contributed by atoms with Gasteiger partial charge in [-0.3, -0.25) is 0 Å². The van der Waals surface area contributed by atoms with Crippen molar-refractivity contribution < 1.29 is 9.47 Å². The van der Waals surface area contributed by atoms with Crippen molar-refractivity contribution >= 4 is 34.8 Å². The summed E-state index contributed by atoms with van der Waals surface area (Å²) in [4.78, 5) is 0. The molecule has 0 unspecified atom stereocenters. The molecule has 2 aromatic rings. The SMILES string of the molecule is CCCCCCCNCc1cc(Cl)c(OCc2ccc(Cl)cc2Cl)c(OC)c1. The fourth-order valence-corrected chi connectivity index (χ4v) is 3.64. The lowest BCUT2D eigenvalue weighted by molar-refractivity contribution is 0.284. The molecule has 1 N–H and O–H groups in total. The largest absolute Gasteiger partial charge is 0.493 e. The Bertz CT molecular complexity index is 753. The number of methoxy groups -OCH3 is 1. The zero-order chi connectivity index (χ0) is 20.4. The molecule has 0 bridgehead atoms. The Hall–Kier alpha value is -1.13. The van der Waals surface area contributed by atoms with Gasteiger partial charge in [0.15, 0.2) is 11.5 Å². The summed E-state index contributed by atoms with van der Waals surface area (Å²) in [6.45, 7) is 4.25. The molecule has 0 saturated heterocycles. The van der Waals surface area contributed by atoms with Crippen molar-refractivity contribution in [3.8, 4) is 11.5 Å². The molecule has 0 spiro atoms. The molecule has 0 aliphatic carbocycles. The highest BCUT2D eigenvalue weighted by Crippen LogP contribution is 2.37. The molecule has 0 radical (unpaired) electrons. The van der Waals surface area contributed by atoms with Crippen molar-refractivity contribution in [3.05, 3.63) is 56.5 Å². The molecule has 0 fully saturated rings. The van der Waals surface area contributed by atoms with Crippen molar-refractivity contribution in [3.63, 3.8) is 0 Å². The zero-order valence-corrected chi connectivity index (χ0v) is 18.8. The summed E-state index contributed by atoms with van der Waals surface area (Å²) < 4.78 is 11.4. The van der Waals surface area contributed by atoms with Crippen LogP contribution in [0.4, 0.5) is 0 Å². The van der Waals surface area contributed by atoms with Crippen molar-refractivity contribution in [2.24, 2.45) is 0 Å². The minimum atomic E-state index is 0.279. The minimum Gasteiger partial charge on any atom is -0.493 e. The van der Waals surface area contributed by atoms with Crippen LogP contribution >= 0.6 is 34.8 Å². The first-order chi connectivity index (χ1) is 13.5. The van der Waals surface area contributed by atoms with Crippen LogP contribution in [0, 0.1) is 0 Å². The summed E-state index contributed by atoms with van der Waals surface area (Å²) in [5.74, 6) is 1.12. The van der Waals surface area contributed by atoms with E-state index in [-0.39, 0.29) is 6.61 Å². The Morgan fingerprint density at radius 1 is 0.929 bits per heavy atom. The summed E-state index contributed by atoms with van der Waals surface area (Å²) in [5, 5.41) is 5.13. The zero-order valence-electron chi connectivity index (χ0n) is 16.5. The van der Waals surface area contributed by atoms with Gasteiger partial charge in [0.25, 0.3) is 0 Å². The Morgan fingerprint density at radius 3 is 2.43 bits per heavy atom. The molecule has 3 nitrogen and oxygen atoms in total. The van der Waals surface area contributed by atoms with Crippen LogP contribution in [-0.4, -0.2) is 13.7 Å². The van der Waals surface area contributed by atoms with Gasteiger partial charge in [0.2, 0.25) is 0 Å². The van der Waals surface area contributed by atoms with E-state index in [1.165, 1.54) is 32.1 Å². The molecule has 0 aromatic heterocycles. The van der Waals surface area contributed by atoms with Gasteiger partial charge in [-0.05, 0) is 42.8 Å². The van der Waals surface area contributed by atoms with E-state index < -0.39 is 0 Å². The highest BCUT2D eigenvalue weighted by atomic mass is 35.5. The third-order valence-electron chi connectivity index (χ3n) is 4.46. The Balaban J connectivity index is 1.93. The Labute approximate surface area is 183 Å². The number of hydrogen-bond acceptors (Lipinski definition) is 3. The number of halogens is 3. The molecule has 2 aromatic carbocycles. The van der Waals surface area contributed by atoms with E-state index in [0.717, 1.165) is 24.2 Å². The van der Waals surface area contributed by atoms with Crippen LogP contribution in [0.25, 0.3) is 0 Å². The molecule has 6 heteroatoms. The average Bonchev–Trinajstić information content (AvgIpc) is 2.67. The normalized spacial score (nSPS) is 10.9. The Morgan fingerprint density at radius 2 is 1.71 bits per heavy atom. The molecule has 154 valence electrons. The maximum atomic E-state index is 6.45. The quantitative estimate of drug-likeness (QED) is 0.348. The van der Waals surface area contributed by atoms with E-state index in [2.05, 4.69) is 12.2 Å². The van der Waals surface area contributed by atoms with E-state index in [1.54, 1.807) is 19.2 Å². The number of benzene rings is 2. The number of hydrogen-bond donors (Lipinski definition) is 1. The summed E-state index contributed by atoms with van der Waals surface area (Å²) >= 11 is 18.6. The van der Waals surface area contributed by atoms with Crippen molar-refractivity contribution in [2.75, 3.05) is 13.7 Å². The summed E-state index contributed by atoms with van der Waals surface area (Å²) in [6, 6.07) is 9.17. The van der Waals surface area contributed by atoms with Crippen molar-refractivity contribution in [1.82, 2.24) is 5.32 Å². The van der Waals surface area contributed by atoms with Gasteiger partial charge < -0.3 is 14.8 Å². The van der Waals surface area contributed by atoms with Gasteiger partial charge in [-0.1, -0.05) is 73.5 Å². The van der Waals surface area contributed by atoms with E-state index in [9.17, 15) is 0 Å². The lowest BCUT2D eigenvalue weighted by Gasteiger charge is -2.15. The van der Waals surface area contributed by atoms with E-state index >= 15 is 0 Å². The summed E-state index contributed by atoms with van der Waals surface area (Å²) in [5.41, 5.74) is 1.89. The molecule has 0 amide bonds. The minimum absolute atomic E-state index is 0.279. The maximum Gasteiger partial charge on any atom is 0.180 e. The number of unbranched alkanes of at least 4 members (excludes halogenated alkanes) is 4. The van der Waals surface area contributed by atoms with Crippen LogP contribution in [0.5, 0.6) is 11.5 Å². The van der Waals surface area contributed by atoms with Crippen LogP contribution in [-0.2, 0) is 13.2 Å². The van der Waals surface area contributed by atoms with Gasteiger partial charge in [-0.25, -0.2) is 0 Å². The first-order valence-electron chi connectivity index (χ1n) is 9.69. The van der Waals surface area contributed by atoms with Crippen LogP contribution < -0.4 is 14.8 Å². The van der Waals surface area contributed by atoms with Crippen molar-refractivity contribution in [1.29, 1.82) is 0 Å². The highest BCUT2D eigenvalue weighted by Gasteiger charge is 2.13. The molecule has 2 rings (SSSR count). The van der Waals surface area contributed by atoms with E-state index in [1.807, 2.05) is 18.2 Å².